The molecular formula is C24H25NO4. The van der Waals surface area contributed by atoms with Gasteiger partial charge >= 0.3 is 5.97 Å². The Hall–Kier alpha value is -3.34. The summed E-state index contributed by atoms with van der Waals surface area (Å²) in [7, 11) is 0. The fourth-order valence-electron chi connectivity index (χ4n) is 3.09. The number of benzene rings is 3. The minimum atomic E-state index is -0.468. The second kappa shape index (κ2) is 9.73. The van der Waals surface area contributed by atoms with Crippen LogP contribution in [-0.4, -0.2) is 25.1 Å². The molecule has 0 radical (unpaired) electrons. The molecule has 0 aliphatic heterocycles. The third kappa shape index (κ3) is 5.82. The summed E-state index contributed by atoms with van der Waals surface area (Å²) in [4.78, 5) is 24.0. The number of ether oxygens (including phenoxy) is 2. The van der Waals surface area contributed by atoms with Gasteiger partial charge < -0.3 is 14.8 Å². The number of esters is 1. The van der Waals surface area contributed by atoms with Gasteiger partial charge in [0.25, 0.3) is 5.91 Å². The fourth-order valence-corrected chi connectivity index (χ4v) is 3.09. The van der Waals surface area contributed by atoms with Crippen LogP contribution in [0.1, 0.15) is 30.5 Å². The summed E-state index contributed by atoms with van der Waals surface area (Å²) in [6, 6.07) is 21.4. The highest BCUT2D eigenvalue weighted by Crippen LogP contribution is 2.23. The molecule has 1 atom stereocenters. The first kappa shape index (κ1) is 20.4. The standard InChI is InChI=1S/C24H25NO4/c1-17-10-12-20(13-11-17)28-15-14-24(27)29-16-23(26)25-18(2)21-9-5-7-19-6-3-4-8-22(19)21/h3-13,18H,14-16H2,1-2H3,(H,25,26)/t18-/m1/s1. The maximum absolute atomic E-state index is 12.2. The number of hydrogen-bond acceptors (Lipinski definition) is 4. The zero-order valence-electron chi connectivity index (χ0n) is 16.7. The van der Waals surface area contributed by atoms with E-state index in [2.05, 4.69) is 5.32 Å². The maximum Gasteiger partial charge on any atom is 0.309 e. The number of aryl methyl sites for hydroxylation is 1. The number of nitrogens with one attached hydrogen (secondary N) is 1. The molecule has 0 unspecified atom stereocenters. The third-order valence-corrected chi connectivity index (χ3v) is 4.63. The molecule has 29 heavy (non-hydrogen) atoms. The first-order valence-corrected chi connectivity index (χ1v) is 9.65. The van der Waals surface area contributed by atoms with Crippen LogP contribution in [0.4, 0.5) is 0 Å². The summed E-state index contributed by atoms with van der Waals surface area (Å²) in [5.74, 6) is -0.103. The van der Waals surface area contributed by atoms with Gasteiger partial charge in [0.15, 0.2) is 6.61 Å². The molecule has 0 fully saturated rings. The average Bonchev–Trinajstić information content (AvgIpc) is 2.73. The SMILES string of the molecule is Cc1ccc(OCCC(=O)OCC(=O)N[C@H](C)c2cccc3ccccc23)cc1. The number of carbonyl (C=O) groups excluding carboxylic acids is 2. The molecule has 0 heterocycles. The van der Waals surface area contributed by atoms with Gasteiger partial charge in [0, 0.05) is 0 Å². The molecule has 0 saturated carbocycles. The van der Waals surface area contributed by atoms with E-state index < -0.39 is 5.97 Å². The molecule has 0 spiro atoms. The van der Waals surface area contributed by atoms with Crippen LogP contribution in [0.15, 0.2) is 66.7 Å². The summed E-state index contributed by atoms with van der Waals surface area (Å²) >= 11 is 0. The van der Waals surface area contributed by atoms with E-state index in [1.54, 1.807) is 0 Å². The molecule has 0 aromatic heterocycles. The van der Waals surface area contributed by atoms with Gasteiger partial charge in [0.2, 0.25) is 0 Å². The summed E-state index contributed by atoms with van der Waals surface area (Å²) in [5.41, 5.74) is 2.16. The molecule has 5 heteroatoms. The molecule has 1 amide bonds. The van der Waals surface area contributed by atoms with Crippen molar-refractivity contribution in [2.24, 2.45) is 0 Å². The van der Waals surface area contributed by atoms with E-state index >= 15 is 0 Å². The second-order valence-electron chi connectivity index (χ2n) is 6.93. The van der Waals surface area contributed by atoms with Crippen molar-refractivity contribution >= 4 is 22.6 Å². The quantitative estimate of drug-likeness (QED) is 0.580. The topological polar surface area (TPSA) is 64.6 Å². The third-order valence-electron chi connectivity index (χ3n) is 4.63. The monoisotopic (exact) mass is 391 g/mol. The van der Waals surface area contributed by atoms with Crippen molar-refractivity contribution in [1.29, 1.82) is 0 Å². The minimum absolute atomic E-state index is 0.0834. The van der Waals surface area contributed by atoms with E-state index in [9.17, 15) is 9.59 Å². The van der Waals surface area contributed by atoms with Crippen molar-refractivity contribution in [1.82, 2.24) is 5.32 Å². The molecule has 0 aliphatic carbocycles. The van der Waals surface area contributed by atoms with Crippen LogP contribution in [0.5, 0.6) is 5.75 Å². The first-order valence-electron chi connectivity index (χ1n) is 9.65. The van der Waals surface area contributed by atoms with E-state index in [0.717, 1.165) is 21.9 Å². The highest BCUT2D eigenvalue weighted by Gasteiger charge is 2.14. The average molecular weight is 391 g/mol. The Morgan fingerprint density at radius 1 is 0.966 bits per heavy atom. The van der Waals surface area contributed by atoms with Crippen LogP contribution < -0.4 is 10.1 Å². The van der Waals surface area contributed by atoms with Crippen molar-refractivity contribution in [3.63, 3.8) is 0 Å². The number of carbonyl (C=O) groups is 2. The molecule has 0 aliphatic rings. The van der Waals surface area contributed by atoms with E-state index in [-0.39, 0.29) is 31.6 Å². The summed E-state index contributed by atoms with van der Waals surface area (Å²) in [6.07, 6.45) is 0.0834. The molecule has 5 nitrogen and oxygen atoms in total. The summed E-state index contributed by atoms with van der Waals surface area (Å²) in [5, 5.41) is 5.09. The van der Waals surface area contributed by atoms with Crippen LogP contribution in [0.2, 0.25) is 0 Å². The Labute approximate surface area is 170 Å². The maximum atomic E-state index is 12.2. The van der Waals surface area contributed by atoms with Crippen LogP contribution in [-0.2, 0) is 14.3 Å². The number of rotatable bonds is 8. The van der Waals surface area contributed by atoms with Gasteiger partial charge in [-0.15, -0.1) is 0 Å². The Morgan fingerprint density at radius 3 is 2.48 bits per heavy atom. The summed E-state index contributed by atoms with van der Waals surface area (Å²) in [6.45, 7) is 3.80. The molecule has 3 aromatic carbocycles. The second-order valence-corrected chi connectivity index (χ2v) is 6.93. The number of fused-ring (bicyclic) bond motifs is 1. The lowest BCUT2D eigenvalue weighted by atomic mass is 10.00. The largest absolute Gasteiger partial charge is 0.493 e. The Balaban J connectivity index is 1.43. The van der Waals surface area contributed by atoms with E-state index in [1.807, 2.05) is 80.6 Å². The lowest BCUT2D eigenvalue weighted by molar-refractivity contribution is -0.149. The zero-order valence-corrected chi connectivity index (χ0v) is 16.7. The van der Waals surface area contributed by atoms with Crippen molar-refractivity contribution in [2.45, 2.75) is 26.3 Å². The molecule has 1 N–H and O–H groups in total. The molecule has 3 rings (SSSR count). The lowest BCUT2D eigenvalue weighted by Gasteiger charge is -2.16. The van der Waals surface area contributed by atoms with Crippen LogP contribution in [0.3, 0.4) is 0 Å². The lowest BCUT2D eigenvalue weighted by Crippen LogP contribution is -2.31. The van der Waals surface area contributed by atoms with Crippen molar-refractivity contribution in [3.8, 4) is 5.75 Å². The first-order chi connectivity index (χ1) is 14.0. The van der Waals surface area contributed by atoms with Crippen LogP contribution >= 0.6 is 0 Å². The number of hydrogen-bond donors (Lipinski definition) is 1. The van der Waals surface area contributed by atoms with Gasteiger partial charge in [-0.05, 0) is 42.3 Å². The van der Waals surface area contributed by atoms with Crippen molar-refractivity contribution < 1.29 is 19.1 Å². The predicted octanol–water partition coefficient (Wildman–Crippen LogP) is 4.34. The normalized spacial score (nSPS) is 11.7. The molecule has 0 saturated heterocycles. The van der Waals surface area contributed by atoms with Gasteiger partial charge in [0.05, 0.1) is 19.1 Å². The Bertz CT molecular complexity index is 976. The van der Waals surface area contributed by atoms with E-state index in [0.29, 0.717) is 5.75 Å². The fraction of sp³-hybridized carbons (Fsp3) is 0.250. The van der Waals surface area contributed by atoms with Gasteiger partial charge in [-0.25, -0.2) is 0 Å². The minimum Gasteiger partial charge on any atom is -0.493 e. The Kier molecular flexibility index (Phi) is 6.85. The molecule has 3 aromatic rings. The van der Waals surface area contributed by atoms with Crippen LogP contribution in [0, 0.1) is 6.92 Å². The van der Waals surface area contributed by atoms with Gasteiger partial charge in [-0.2, -0.15) is 0 Å². The predicted molar refractivity (Wildman–Crippen MR) is 113 cm³/mol. The molecule has 150 valence electrons. The number of amides is 1. The Morgan fingerprint density at radius 2 is 1.69 bits per heavy atom. The zero-order chi connectivity index (χ0) is 20.6. The van der Waals surface area contributed by atoms with Crippen molar-refractivity contribution in [3.05, 3.63) is 77.9 Å². The van der Waals surface area contributed by atoms with Crippen LogP contribution in [0.25, 0.3) is 10.8 Å². The smallest absolute Gasteiger partial charge is 0.309 e. The summed E-state index contributed by atoms with van der Waals surface area (Å²) < 4.78 is 10.6. The highest BCUT2D eigenvalue weighted by atomic mass is 16.5. The van der Waals surface area contributed by atoms with Gasteiger partial charge in [-0.1, -0.05) is 60.2 Å². The van der Waals surface area contributed by atoms with Gasteiger partial charge in [-0.3, -0.25) is 9.59 Å². The molecule has 0 bridgehead atoms. The highest BCUT2D eigenvalue weighted by molar-refractivity contribution is 5.87. The van der Waals surface area contributed by atoms with E-state index in [4.69, 9.17) is 9.47 Å². The van der Waals surface area contributed by atoms with Crippen molar-refractivity contribution in [2.75, 3.05) is 13.2 Å². The molecular weight excluding hydrogens is 366 g/mol. The van der Waals surface area contributed by atoms with Gasteiger partial charge in [0.1, 0.15) is 5.75 Å². The van der Waals surface area contributed by atoms with E-state index in [1.165, 1.54) is 0 Å².